The van der Waals surface area contributed by atoms with Gasteiger partial charge in [0.05, 0.1) is 5.52 Å². The van der Waals surface area contributed by atoms with E-state index in [1.807, 2.05) is 32.0 Å². The van der Waals surface area contributed by atoms with E-state index in [4.69, 9.17) is 23.2 Å². The van der Waals surface area contributed by atoms with Crippen molar-refractivity contribution in [2.24, 2.45) is 0 Å². The van der Waals surface area contributed by atoms with E-state index in [0.29, 0.717) is 5.88 Å². The van der Waals surface area contributed by atoms with Crippen LogP contribution in [-0.2, 0) is 5.88 Å². The molecule has 0 amide bonds. The Bertz CT molecular complexity index is 521. The molecular formula is C12H11Cl2N. The molecule has 0 fully saturated rings. The maximum atomic E-state index is 6.02. The largest absolute Gasteiger partial charge is 0.253 e. The van der Waals surface area contributed by atoms with Crippen LogP contribution in [0, 0.1) is 13.8 Å². The third-order valence-electron chi connectivity index (χ3n) is 2.43. The molecule has 0 aliphatic heterocycles. The van der Waals surface area contributed by atoms with Crippen molar-refractivity contribution in [1.82, 2.24) is 4.98 Å². The summed E-state index contributed by atoms with van der Waals surface area (Å²) in [6, 6.07) is 5.85. The lowest BCUT2D eigenvalue weighted by molar-refractivity contribution is 1.21. The number of hydrogen-bond donors (Lipinski definition) is 0. The maximum Gasteiger partial charge on any atom is 0.0738 e. The van der Waals surface area contributed by atoms with Gasteiger partial charge in [-0.1, -0.05) is 11.6 Å². The summed E-state index contributed by atoms with van der Waals surface area (Å²) in [7, 11) is 0. The molecule has 0 bridgehead atoms. The summed E-state index contributed by atoms with van der Waals surface area (Å²) in [5, 5.41) is 1.79. The van der Waals surface area contributed by atoms with Gasteiger partial charge in [0, 0.05) is 22.0 Å². The topological polar surface area (TPSA) is 12.9 Å². The molecule has 0 unspecified atom stereocenters. The number of aryl methyl sites for hydroxylation is 2. The van der Waals surface area contributed by atoms with Gasteiger partial charge in [-0.25, -0.2) is 0 Å². The Balaban J connectivity index is 2.89. The number of benzene rings is 1. The predicted octanol–water partition coefficient (Wildman–Crippen LogP) is 4.24. The van der Waals surface area contributed by atoms with Crippen LogP contribution in [-0.4, -0.2) is 4.98 Å². The summed E-state index contributed by atoms with van der Waals surface area (Å²) in [5.41, 5.74) is 4.16. The highest BCUT2D eigenvalue weighted by atomic mass is 35.5. The quantitative estimate of drug-likeness (QED) is 0.679. The van der Waals surface area contributed by atoms with Crippen molar-refractivity contribution in [3.63, 3.8) is 0 Å². The summed E-state index contributed by atoms with van der Waals surface area (Å²) in [4.78, 5) is 4.51. The van der Waals surface area contributed by atoms with Gasteiger partial charge in [-0.05, 0) is 43.2 Å². The molecule has 3 heteroatoms. The van der Waals surface area contributed by atoms with Crippen molar-refractivity contribution >= 4 is 34.1 Å². The fourth-order valence-electron chi connectivity index (χ4n) is 1.78. The van der Waals surface area contributed by atoms with Crippen LogP contribution < -0.4 is 0 Å². The number of alkyl halides is 1. The first-order valence-corrected chi connectivity index (χ1v) is 5.65. The van der Waals surface area contributed by atoms with Gasteiger partial charge in [-0.2, -0.15) is 0 Å². The van der Waals surface area contributed by atoms with Crippen molar-refractivity contribution in [3.05, 3.63) is 40.0 Å². The molecule has 15 heavy (non-hydrogen) atoms. The Morgan fingerprint density at radius 3 is 2.60 bits per heavy atom. The van der Waals surface area contributed by atoms with E-state index in [9.17, 15) is 0 Å². The van der Waals surface area contributed by atoms with E-state index in [2.05, 4.69) is 4.98 Å². The molecule has 0 spiro atoms. The van der Waals surface area contributed by atoms with Crippen LogP contribution in [0.4, 0.5) is 0 Å². The molecule has 0 aliphatic carbocycles. The average molecular weight is 240 g/mol. The minimum atomic E-state index is 0.486. The summed E-state index contributed by atoms with van der Waals surface area (Å²) >= 11 is 11.9. The SMILES string of the molecule is Cc1cc(CCl)c2cc(Cl)cc(C)c2n1. The molecular weight excluding hydrogens is 229 g/mol. The number of hydrogen-bond acceptors (Lipinski definition) is 1. The fourth-order valence-corrected chi connectivity index (χ4v) is 2.27. The average Bonchev–Trinajstić information content (AvgIpc) is 2.18. The lowest BCUT2D eigenvalue weighted by Gasteiger charge is -2.08. The molecule has 0 N–H and O–H groups in total. The van der Waals surface area contributed by atoms with Gasteiger partial charge >= 0.3 is 0 Å². The molecule has 0 saturated carbocycles. The first-order chi connectivity index (χ1) is 7.11. The third kappa shape index (κ3) is 1.95. The second-order valence-electron chi connectivity index (χ2n) is 3.68. The number of rotatable bonds is 1. The molecule has 2 aromatic rings. The van der Waals surface area contributed by atoms with E-state index < -0.39 is 0 Å². The van der Waals surface area contributed by atoms with E-state index in [1.54, 1.807) is 0 Å². The third-order valence-corrected chi connectivity index (χ3v) is 2.93. The van der Waals surface area contributed by atoms with Crippen molar-refractivity contribution in [1.29, 1.82) is 0 Å². The van der Waals surface area contributed by atoms with Gasteiger partial charge in [0.1, 0.15) is 0 Å². The molecule has 0 radical (unpaired) electrons. The van der Waals surface area contributed by atoms with E-state index in [1.165, 1.54) is 0 Å². The minimum absolute atomic E-state index is 0.486. The molecule has 0 aliphatic rings. The maximum absolute atomic E-state index is 6.02. The Kier molecular flexibility index (Phi) is 2.85. The number of aromatic nitrogens is 1. The molecule has 1 aromatic heterocycles. The predicted molar refractivity (Wildman–Crippen MR) is 65.8 cm³/mol. The molecule has 0 saturated heterocycles. The smallest absolute Gasteiger partial charge is 0.0738 e. The first-order valence-electron chi connectivity index (χ1n) is 4.74. The van der Waals surface area contributed by atoms with Crippen molar-refractivity contribution in [3.8, 4) is 0 Å². The van der Waals surface area contributed by atoms with E-state index in [-0.39, 0.29) is 0 Å². The standard InChI is InChI=1S/C12H11Cl2N/c1-7-3-10(14)5-11-9(6-13)4-8(2)15-12(7)11/h3-5H,6H2,1-2H3. The van der Waals surface area contributed by atoms with Crippen LogP contribution in [0.5, 0.6) is 0 Å². The lowest BCUT2D eigenvalue weighted by Crippen LogP contribution is -1.92. The van der Waals surface area contributed by atoms with Crippen molar-refractivity contribution in [2.45, 2.75) is 19.7 Å². The van der Waals surface area contributed by atoms with Gasteiger partial charge < -0.3 is 0 Å². The summed E-state index contributed by atoms with van der Waals surface area (Å²) in [6.45, 7) is 3.99. The lowest BCUT2D eigenvalue weighted by atomic mass is 10.1. The van der Waals surface area contributed by atoms with Gasteiger partial charge in [-0.3, -0.25) is 4.98 Å². The molecule has 1 heterocycles. The fraction of sp³-hybridized carbons (Fsp3) is 0.250. The van der Waals surface area contributed by atoms with Crippen LogP contribution in [0.1, 0.15) is 16.8 Å². The van der Waals surface area contributed by atoms with Crippen LogP contribution >= 0.6 is 23.2 Å². The number of fused-ring (bicyclic) bond motifs is 1. The highest BCUT2D eigenvalue weighted by molar-refractivity contribution is 6.31. The van der Waals surface area contributed by atoms with Crippen LogP contribution in [0.15, 0.2) is 18.2 Å². The summed E-state index contributed by atoms with van der Waals surface area (Å²) in [5.74, 6) is 0.486. The monoisotopic (exact) mass is 239 g/mol. The highest BCUT2D eigenvalue weighted by Crippen LogP contribution is 2.26. The Morgan fingerprint density at radius 2 is 1.93 bits per heavy atom. The Labute approximate surface area is 99.0 Å². The van der Waals surface area contributed by atoms with Crippen LogP contribution in [0.25, 0.3) is 10.9 Å². The second-order valence-corrected chi connectivity index (χ2v) is 4.38. The molecule has 2 rings (SSSR count). The highest BCUT2D eigenvalue weighted by Gasteiger charge is 2.06. The van der Waals surface area contributed by atoms with Gasteiger partial charge in [0.25, 0.3) is 0 Å². The Morgan fingerprint density at radius 1 is 1.20 bits per heavy atom. The van der Waals surface area contributed by atoms with Crippen LogP contribution in [0.3, 0.4) is 0 Å². The van der Waals surface area contributed by atoms with E-state index in [0.717, 1.165) is 32.7 Å². The number of pyridine rings is 1. The summed E-state index contributed by atoms with van der Waals surface area (Å²) < 4.78 is 0. The molecule has 0 atom stereocenters. The molecule has 78 valence electrons. The second kappa shape index (κ2) is 3.99. The van der Waals surface area contributed by atoms with Crippen LogP contribution in [0.2, 0.25) is 5.02 Å². The van der Waals surface area contributed by atoms with Crippen molar-refractivity contribution < 1.29 is 0 Å². The normalized spacial score (nSPS) is 10.9. The number of nitrogens with zero attached hydrogens (tertiary/aromatic N) is 1. The number of halogens is 2. The van der Waals surface area contributed by atoms with Gasteiger partial charge in [0.2, 0.25) is 0 Å². The van der Waals surface area contributed by atoms with Gasteiger partial charge in [0.15, 0.2) is 0 Å². The zero-order valence-electron chi connectivity index (χ0n) is 8.64. The zero-order valence-corrected chi connectivity index (χ0v) is 10.2. The minimum Gasteiger partial charge on any atom is -0.253 e. The molecule has 1 aromatic carbocycles. The van der Waals surface area contributed by atoms with Gasteiger partial charge in [-0.15, -0.1) is 11.6 Å². The van der Waals surface area contributed by atoms with E-state index >= 15 is 0 Å². The van der Waals surface area contributed by atoms with Crippen molar-refractivity contribution in [2.75, 3.05) is 0 Å². The molecule has 1 nitrogen and oxygen atoms in total. The first kappa shape index (κ1) is 10.7. The summed E-state index contributed by atoms with van der Waals surface area (Å²) in [6.07, 6.45) is 0. The zero-order chi connectivity index (χ0) is 11.0. The Hall–Kier alpha value is -0.790.